The molecule has 2 aliphatic heterocycles. The average Bonchev–Trinajstić information content (AvgIpc) is 2.97. The van der Waals surface area contributed by atoms with Crippen LogP contribution in [0, 0.1) is 0 Å². The zero-order valence-electron chi connectivity index (χ0n) is 13.4. The van der Waals surface area contributed by atoms with E-state index in [1.807, 2.05) is 0 Å². The van der Waals surface area contributed by atoms with E-state index in [0.717, 1.165) is 5.56 Å². The first-order chi connectivity index (χ1) is 10.9. The molecule has 3 rings (SSSR count). The number of nitrogens with zero attached hydrogens (tertiary/aromatic N) is 1. The van der Waals surface area contributed by atoms with Gasteiger partial charge in [0.1, 0.15) is 5.54 Å². The Balaban J connectivity index is 0.00000208. The molecule has 0 unspecified atom stereocenters. The fourth-order valence-electron chi connectivity index (χ4n) is 3.07. The van der Waals surface area contributed by atoms with E-state index in [-0.39, 0.29) is 23.2 Å². The van der Waals surface area contributed by atoms with E-state index in [1.165, 1.54) is 7.05 Å². The van der Waals surface area contributed by atoms with Gasteiger partial charge in [0.15, 0.2) is 0 Å². The number of carbonyl (C=O) groups is 1. The molecule has 9 heteroatoms. The summed E-state index contributed by atoms with van der Waals surface area (Å²) in [5.41, 5.74) is 6.96. The normalized spacial score (nSPS) is 19.5. The number of anilines is 1. The van der Waals surface area contributed by atoms with Crippen molar-refractivity contribution in [2.75, 3.05) is 31.7 Å². The Bertz CT molecular complexity index is 732. The minimum absolute atomic E-state index is 0. The number of benzene rings is 1. The quantitative estimate of drug-likeness (QED) is 0.796. The van der Waals surface area contributed by atoms with Crippen LogP contribution in [0.2, 0.25) is 0 Å². The number of hydrogen-bond donors (Lipinski definition) is 2. The fourth-order valence-corrected chi connectivity index (χ4v) is 3.82. The largest absolute Gasteiger partial charge is 0.381 e. The third-order valence-electron chi connectivity index (χ3n) is 4.59. The molecule has 0 atom stereocenters. The molecule has 134 valence electrons. The van der Waals surface area contributed by atoms with Crippen molar-refractivity contribution in [3.8, 4) is 0 Å². The predicted octanol–water partition coefficient (Wildman–Crippen LogP) is 0.413. The molecule has 1 aromatic carbocycles. The van der Waals surface area contributed by atoms with Crippen molar-refractivity contribution >= 4 is 34.0 Å². The Morgan fingerprint density at radius 2 is 2.00 bits per heavy atom. The molecule has 0 radical (unpaired) electrons. The van der Waals surface area contributed by atoms with Gasteiger partial charge in [-0.05, 0) is 44.0 Å². The molecule has 1 saturated heterocycles. The third kappa shape index (κ3) is 3.29. The molecule has 7 nitrogen and oxygen atoms in total. The first kappa shape index (κ1) is 19.1. The smallest absolute Gasteiger partial charge is 0.247 e. The number of nitrogens with one attached hydrogen (secondary N) is 1. The Morgan fingerprint density at radius 1 is 1.33 bits per heavy atom. The average molecular weight is 376 g/mol. The molecule has 2 heterocycles. The van der Waals surface area contributed by atoms with Crippen molar-refractivity contribution in [3.63, 3.8) is 0 Å². The van der Waals surface area contributed by atoms with E-state index < -0.39 is 15.6 Å². The molecule has 1 fully saturated rings. The lowest BCUT2D eigenvalue weighted by Gasteiger charge is -2.35. The Hall–Kier alpha value is -1.19. The number of rotatable bonds is 3. The van der Waals surface area contributed by atoms with Crippen LogP contribution in [0.3, 0.4) is 0 Å². The third-order valence-corrected chi connectivity index (χ3v) is 6.00. The number of nitrogens with two attached hydrogens (primary N) is 1. The zero-order valence-corrected chi connectivity index (χ0v) is 15.1. The van der Waals surface area contributed by atoms with Crippen LogP contribution in [0.4, 0.5) is 5.69 Å². The summed E-state index contributed by atoms with van der Waals surface area (Å²) < 4.78 is 31.6. The summed E-state index contributed by atoms with van der Waals surface area (Å²) in [5.74, 6) is -0.154. The number of sulfonamides is 1. The lowest BCUT2D eigenvalue weighted by Crippen LogP contribution is -2.58. The second-order valence-corrected chi connectivity index (χ2v) is 7.86. The van der Waals surface area contributed by atoms with Gasteiger partial charge in [-0.2, -0.15) is 0 Å². The Morgan fingerprint density at radius 3 is 2.62 bits per heavy atom. The highest BCUT2D eigenvalue weighted by Crippen LogP contribution is 2.33. The zero-order chi connectivity index (χ0) is 16.7. The number of halogens is 1. The van der Waals surface area contributed by atoms with E-state index in [4.69, 9.17) is 10.5 Å². The van der Waals surface area contributed by atoms with Gasteiger partial charge >= 0.3 is 0 Å². The van der Waals surface area contributed by atoms with Crippen molar-refractivity contribution < 1.29 is 17.9 Å². The first-order valence-electron chi connectivity index (χ1n) is 7.62. The van der Waals surface area contributed by atoms with E-state index in [1.54, 1.807) is 23.1 Å². The maximum absolute atomic E-state index is 12.9. The van der Waals surface area contributed by atoms with Crippen LogP contribution < -0.4 is 15.4 Å². The minimum Gasteiger partial charge on any atom is -0.381 e. The first-order valence-corrected chi connectivity index (χ1v) is 9.11. The van der Waals surface area contributed by atoms with Crippen LogP contribution in [0.25, 0.3) is 0 Å². The number of ether oxygens (including phenoxy) is 1. The van der Waals surface area contributed by atoms with Gasteiger partial charge < -0.3 is 15.4 Å². The van der Waals surface area contributed by atoms with Crippen LogP contribution in [0.15, 0.2) is 23.1 Å². The Kier molecular flexibility index (Phi) is 5.56. The number of fused-ring (bicyclic) bond motifs is 1. The van der Waals surface area contributed by atoms with Gasteiger partial charge in [0, 0.05) is 25.4 Å². The van der Waals surface area contributed by atoms with E-state index in [0.29, 0.717) is 44.7 Å². The summed E-state index contributed by atoms with van der Waals surface area (Å²) in [5, 5.41) is 0. The molecular weight excluding hydrogens is 354 g/mol. The molecule has 0 saturated carbocycles. The second-order valence-electron chi connectivity index (χ2n) is 5.97. The van der Waals surface area contributed by atoms with E-state index >= 15 is 0 Å². The molecule has 2 aliphatic rings. The maximum Gasteiger partial charge on any atom is 0.247 e. The number of hydrogen-bond acceptors (Lipinski definition) is 5. The van der Waals surface area contributed by atoms with Crippen LogP contribution in [-0.2, 0) is 26.0 Å². The standard InChI is InChI=1S/C15H21N3O4S.ClH/c1-17-23(20,21)12-3-2-11-4-7-18(13(11)10-12)14(19)15(16)5-8-22-9-6-15;/h2-3,10,17H,4-9,16H2,1H3;1H. The van der Waals surface area contributed by atoms with Crippen molar-refractivity contribution in [1.29, 1.82) is 0 Å². The van der Waals surface area contributed by atoms with E-state index in [9.17, 15) is 13.2 Å². The molecule has 0 spiro atoms. The van der Waals surface area contributed by atoms with Gasteiger partial charge in [0.05, 0.1) is 4.90 Å². The van der Waals surface area contributed by atoms with Crippen molar-refractivity contribution in [1.82, 2.24) is 4.72 Å². The monoisotopic (exact) mass is 375 g/mol. The summed E-state index contributed by atoms with van der Waals surface area (Å²) in [6.07, 6.45) is 1.66. The summed E-state index contributed by atoms with van der Waals surface area (Å²) >= 11 is 0. The lowest BCUT2D eigenvalue weighted by atomic mass is 9.89. The molecule has 24 heavy (non-hydrogen) atoms. The minimum atomic E-state index is -3.55. The van der Waals surface area contributed by atoms with Crippen molar-refractivity contribution in [2.24, 2.45) is 5.73 Å². The summed E-state index contributed by atoms with van der Waals surface area (Å²) in [6.45, 7) is 1.46. The van der Waals surface area contributed by atoms with Crippen LogP contribution >= 0.6 is 12.4 Å². The molecule has 1 amide bonds. The van der Waals surface area contributed by atoms with Gasteiger partial charge in [-0.3, -0.25) is 4.79 Å². The fraction of sp³-hybridized carbons (Fsp3) is 0.533. The maximum atomic E-state index is 12.9. The van der Waals surface area contributed by atoms with E-state index in [2.05, 4.69) is 4.72 Å². The number of amides is 1. The highest BCUT2D eigenvalue weighted by molar-refractivity contribution is 7.89. The van der Waals surface area contributed by atoms with Crippen LogP contribution in [0.5, 0.6) is 0 Å². The molecule has 0 aliphatic carbocycles. The van der Waals surface area contributed by atoms with Gasteiger partial charge in [-0.15, -0.1) is 12.4 Å². The Labute approximate surface area is 148 Å². The van der Waals surface area contributed by atoms with Gasteiger partial charge in [0.2, 0.25) is 15.9 Å². The molecule has 3 N–H and O–H groups in total. The van der Waals surface area contributed by atoms with Crippen LogP contribution in [-0.4, -0.2) is 46.7 Å². The SMILES string of the molecule is CNS(=O)(=O)c1ccc2c(c1)N(C(=O)C1(N)CCOCC1)CC2.Cl. The topological polar surface area (TPSA) is 102 Å². The molecular formula is C15H22ClN3O4S. The summed E-state index contributed by atoms with van der Waals surface area (Å²) in [6, 6.07) is 4.88. The lowest BCUT2D eigenvalue weighted by molar-refractivity contribution is -0.126. The summed E-state index contributed by atoms with van der Waals surface area (Å²) in [7, 11) is -2.18. The second kappa shape index (κ2) is 6.97. The number of carbonyl (C=O) groups excluding carboxylic acids is 1. The molecule has 0 bridgehead atoms. The molecule has 0 aromatic heterocycles. The van der Waals surface area contributed by atoms with Crippen LogP contribution in [0.1, 0.15) is 18.4 Å². The highest BCUT2D eigenvalue weighted by atomic mass is 35.5. The predicted molar refractivity (Wildman–Crippen MR) is 93.0 cm³/mol. The van der Waals surface area contributed by atoms with Gasteiger partial charge in [0.25, 0.3) is 0 Å². The van der Waals surface area contributed by atoms with Crippen molar-refractivity contribution in [2.45, 2.75) is 29.7 Å². The van der Waals surface area contributed by atoms with Gasteiger partial charge in [-0.25, -0.2) is 13.1 Å². The molecule has 1 aromatic rings. The van der Waals surface area contributed by atoms with Gasteiger partial charge in [-0.1, -0.05) is 6.07 Å². The van der Waals surface area contributed by atoms with Crippen molar-refractivity contribution in [3.05, 3.63) is 23.8 Å². The summed E-state index contributed by atoms with van der Waals surface area (Å²) in [4.78, 5) is 14.7. The highest BCUT2D eigenvalue weighted by Gasteiger charge is 2.41.